The minimum absolute atomic E-state index is 0.117. The minimum atomic E-state index is -0.204. The van der Waals surface area contributed by atoms with Gasteiger partial charge in [-0.25, -0.2) is 0 Å². The molecule has 324 valence electrons. The minimum Gasteiger partial charge on any atom is -0.0654 e. The Labute approximate surface area is 410 Å². The molecular formula is C73H32. The SMILES string of the molecule is CCCCCCCCC12C3=C4C5=C1C1(C)c6c7c8c9c(c%10c%11c%12c(c%13c%14c%15c(c%16c%17c%18c(c1c1c6c6c8c8c%19c9c%11c9c%11c%12c%14c%12c%14c%15c%17c%15c%17c%18c1c1c6c8c6c(c9%19)c(c%11%12)c(c%14%15)c6c1%17)C%162C)C3%13C)C4%10C)C57C. The maximum Gasteiger partial charge on any atom is 0.0446 e. The topological polar surface area (TPSA) is 0 Å². The molecule has 11 aliphatic carbocycles. The Morgan fingerprint density at radius 2 is 0.425 bits per heavy atom. The van der Waals surface area contributed by atoms with Gasteiger partial charge in [0.15, 0.2) is 0 Å². The number of hydrogen-bond acceptors (Lipinski definition) is 0. The molecule has 21 aromatic rings. The summed E-state index contributed by atoms with van der Waals surface area (Å²) in [6, 6.07) is 0. The van der Waals surface area contributed by atoms with Gasteiger partial charge in [-0.3, -0.25) is 0 Å². The highest BCUT2D eigenvalue weighted by molar-refractivity contribution is 6.77. The van der Waals surface area contributed by atoms with Crippen molar-refractivity contribution in [3.05, 3.63) is 77.9 Å². The average Bonchev–Trinajstić information content (AvgIpc) is 4.33. The Balaban J connectivity index is 1.10. The first-order valence-electron chi connectivity index (χ1n) is 29.1. The summed E-state index contributed by atoms with van der Waals surface area (Å²) in [5.74, 6) is 0. The van der Waals surface area contributed by atoms with E-state index >= 15 is 0 Å². The first-order valence-corrected chi connectivity index (χ1v) is 29.1. The van der Waals surface area contributed by atoms with Gasteiger partial charge in [-0.2, -0.15) is 0 Å². The molecule has 11 aliphatic rings. The van der Waals surface area contributed by atoms with E-state index in [9.17, 15) is 0 Å². The molecule has 0 heterocycles. The quantitative estimate of drug-likeness (QED) is 0.110. The predicted molar refractivity (Wildman–Crippen MR) is 305 cm³/mol. The van der Waals surface area contributed by atoms with Crippen molar-refractivity contribution in [2.24, 2.45) is 5.41 Å². The first kappa shape index (κ1) is 30.2. The molecule has 0 aliphatic heterocycles. The van der Waals surface area contributed by atoms with Crippen LogP contribution in [0.15, 0.2) is 22.3 Å². The van der Waals surface area contributed by atoms with Crippen LogP contribution in [0.1, 0.15) is 142 Å². The molecule has 4 atom stereocenters. The molecule has 0 heteroatoms. The van der Waals surface area contributed by atoms with Crippen LogP contribution in [-0.4, -0.2) is 0 Å². The van der Waals surface area contributed by atoms with Gasteiger partial charge in [0.1, 0.15) is 0 Å². The molecule has 0 aromatic heterocycles. The van der Waals surface area contributed by atoms with Gasteiger partial charge in [0, 0.05) is 32.5 Å². The standard InChI is InChI=1S/C73H32/c1-7-8-9-10-11-12-13-73-66-64-65-67(73)71(5)59-49-39-29-21-16-14-15-17-18(16)23-31(29)41-43-33(23)32-22(17)30-28-20(15)26-24-19(14)25-27(21)37(39)47-45-35(25)34(24)44-46-36(26)38(28)48-50-40(30)42(32)52-53(43)63(61(71)51(41)49)72(73,6)62(52)60(50)70(66,4)58(48)56(46)68(64,2)54(44)55(45)69(65,3)57(47)59/h7-13H2,1-6H3. The van der Waals surface area contributed by atoms with Crippen LogP contribution in [0.4, 0.5) is 0 Å². The zero-order valence-electron chi connectivity index (χ0n) is 40.9. The van der Waals surface area contributed by atoms with Crippen molar-refractivity contribution >= 4 is 215 Å². The third kappa shape index (κ3) is 1.62. The van der Waals surface area contributed by atoms with Crippen molar-refractivity contribution in [1.82, 2.24) is 0 Å². The summed E-state index contributed by atoms with van der Waals surface area (Å²) in [6.07, 6.45) is 9.41. The molecule has 0 amide bonds. The van der Waals surface area contributed by atoms with Crippen LogP contribution in [0.2, 0.25) is 0 Å². The van der Waals surface area contributed by atoms with Gasteiger partial charge in [0.05, 0.1) is 0 Å². The van der Waals surface area contributed by atoms with Crippen LogP contribution in [0.5, 0.6) is 0 Å². The number of hydrogen-bond donors (Lipinski definition) is 0. The summed E-state index contributed by atoms with van der Waals surface area (Å²) in [5, 5.41) is 68.7. The van der Waals surface area contributed by atoms with Crippen molar-refractivity contribution in [2.75, 3.05) is 0 Å². The molecule has 32 rings (SSSR count). The second-order valence-corrected chi connectivity index (χ2v) is 29.3. The fraction of sp³-hybridized carbons (Fsp3) is 0.260. The Bertz CT molecular complexity index is 6460. The molecule has 4 unspecified atom stereocenters. The van der Waals surface area contributed by atoms with Crippen molar-refractivity contribution in [1.29, 1.82) is 0 Å². The monoisotopic (exact) mass is 908 g/mol. The van der Waals surface area contributed by atoms with Crippen LogP contribution in [0, 0.1) is 5.41 Å². The summed E-state index contributed by atoms with van der Waals surface area (Å²) in [4.78, 5) is 0. The fourth-order valence-electron chi connectivity index (χ4n) is 28.6. The maximum atomic E-state index is 2.99. The molecule has 0 saturated heterocycles. The smallest absolute Gasteiger partial charge is 0.0446 e. The molecule has 0 saturated carbocycles. The van der Waals surface area contributed by atoms with Gasteiger partial charge in [-0.1, -0.05) is 52.4 Å². The van der Waals surface area contributed by atoms with Gasteiger partial charge in [0.25, 0.3) is 0 Å². The summed E-state index contributed by atoms with van der Waals surface area (Å²) < 4.78 is 0. The van der Waals surface area contributed by atoms with Crippen LogP contribution in [-0.2, 0) is 27.1 Å². The highest BCUT2D eigenvalue weighted by Crippen LogP contribution is 2.93. The van der Waals surface area contributed by atoms with E-state index in [1.165, 1.54) is 44.9 Å². The van der Waals surface area contributed by atoms with Gasteiger partial charge in [-0.05, 0) is 327 Å². The second-order valence-electron chi connectivity index (χ2n) is 29.3. The highest BCUT2D eigenvalue weighted by Gasteiger charge is 2.82. The summed E-state index contributed by atoms with van der Waals surface area (Å²) in [6.45, 7) is 17.1. The second kappa shape index (κ2) is 6.79. The number of benzene rings is 15. The van der Waals surface area contributed by atoms with Crippen LogP contribution >= 0.6 is 0 Å². The summed E-state index contributed by atoms with van der Waals surface area (Å²) >= 11 is 0. The molecule has 0 nitrogen and oxygen atoms in total. The molecule has 21 aromatic carbocycles. The lowest BCUT2D eigenvalue weighted by atomic mass is 9.36. The van der Waals surface area contributed by atoms with E-state index in [1.807, 2.05) is 77.9 Å². The van der Waals surface area contributed by atoms with E-state index < -0.39 is 0 Å². The zero-order valence-corrected chi connectivity index (χ0v) is 40.9. The lowest BCUT2D eigenvalue weighted by molar-refractivity contribution is 0.175. The van der Waals surface area contributed by atoms with E-state index in [0.717, 1.165) is 0 Å². The van der Waals surface area contributed by atoms with Crippen molar-refractivity contribution in [3.63, 3.8) is 0 Å². The molecule has 73 heavy (non-hydrogen) atoms. The Morgan fingerprint density at radius 1 is 0.219 bits per heavy atom. The lowest BCUT2D eigenvalue weighted by Crippen LogP contribution is -2.61. The third-order valence-corrected chi connectivity index (χ3v) is 28.9. The number of allylic oxidation sites excluding steroid dienone is 4. The molecular weight excluding hydrogens is 877 g/mol. The zero-order chi connectivity index (χ0) is 45.1. The normalized spacial score (nSPS) is 31.5. The van der Waals surface area contributed by atoms with Crippen LogP contribution in [0.25, 0.3) is 215 Å². The van der Waals surface area contributed by atoms with E-state index in [1.54, 1.807) is 215 Å². The largest absolute Gasteiger partial charge is 0.0654 e. The van der Waals surface area contributed by atoms with Gasteiger partial charge in [-0.15, -0.1) is 0 Å². The van der Waals surface area contributed by atoms with Crippen LogP contribution in [0.3, 0.4) is 0 Å². The first-order chi connectivity index (χ1) is 35.8. The Hall–Kier alpha value is -7.02. The van der Waals surface area contributed by atoms with E-state index in [4.69, 9.17) is 0 Å². The third-order valence-electron chi connectivity index (χ3n) is 28.9. The molecule has 0 bridgehead atoms. The highest BCUT2D eigenvalue weighted by atomic mass is 14.8. The Kier molecular flexibility index (Phi) is 2.81. The van der Waals surface area contributed by atoms with Crippen molar-refractivity contribution < 1.29 is 0 Å². The van der Waals surface area contributed by atoms with E-state index in [0.29, 0.717) is 0 Å². The van der Waals surface area contributed by atoms with Gasteiger partial charge in [0.2, 0.25) is 0 Å². The number of unbranched alkanes of at least 4 members (excludes halogenated alkanes) is 5. The fourth-order valence-corrected chi connectivity index (χ4v) is 28.6. The molecule has 0 fully saturated rings. The predicted octanol–water partition coefficient (Wildman–Crippen LogP) is 19.1. The maximum absolute atomic E-state index is 2.99. The summed E-state index contributed by atoms with van der Waals surface area (Å²) in [5.41, 5.74) is 24.8. The van der Waals surface area contributed by atoms with Crippen molar-refractivity contribution in [3.8, 4) is 0 Å². The van der Waals surface area contributed by atoms with Crippen molar-refractivity contribution in [2.45, 2.75) is 114 Å². The molecule has 0 N–H and O–H groups in total. The average molecular weight is 909 g/mol. The molecule has 0 spiro atoms. The Morgan fingerprint density at radius 3 is 0.699 bits per heavy atom. The number of rotatable bonds is 7. The van der Waals surface area contributed by atoms with E-state index in [2.05, 4.69) is 41.5 Å². The van der Waals surface area contributed by atoms with Gasteiger partial charge < -0.3 is 0 Å². The lowest BCUT2D eigenvalue weighted by Gasteiger charge is -2.65. The van der Waals surface area contributed by atoms with Gasteiger partial charge >= 0.3 is 0 Å². The summed E-state index contributed by atoms with van der Waals surface area (Å²) in [7, 11) is 0. The van der Waals surface area contributed by atoms with Crippen LogP contribution < -0.4 is 0 Å². The molecule has 0 radical (unpaired) electrons. The van der Waals surface area contributed by atoms with E-state index in [-0.39, 0.29) is 32.5 Å².